The molecule has 0 bridgehead atoms. The Morgan fingerprint density at radius 3 is 1.62 bits per heavy atom. The molecule has 2 aliphatic rings. The molecule has 2 fully saturated rings. The third-order valence-corrected chi connectivity index (χ3v) is 13.7. The Morgan fingerprint density at radius 2 is 1.11 bits per heavy atom. The fourth-order valence-electron chi connectivity index (χ4n) is 6.72. The summed E-state index contributed by atoms with van der Waals surface area (Å²) in [5.74, 6) is 0.356. The van der Waals surface area contributed by atoms with E-state index < -0.39 is 7.26 Å². The van der Waals surface area contributed by atoms with Gasteiger partial charge < -0.3 is 0 Å². The predicted molar refractivity (Wildman–Crippen MR) is 157 cm³/mol. The Bertz CT molecular complexity index is 1220. The van der Waals surface area contributed by atoms with Crippen molar-refractivity contribution in [1.29, 1.82) is 0 Å². The first-order valence-corrected chi connectivity index (χ1v) is 15.6. The van der Waals surface area contributed by atoms with Crippen molar-refractivity contribution in [3.05, 3.63) is 127 Å². The van der Waals surface area contributed by atoms with Gasteiger partial charge in [0.1, 0.15) is 0 Å². The maximum atomic E-state index is 14.5. The molecule has 1 unspecified atom stereocenters. The fraction of sp³-hybridized carbons (Fsp3) is 0.242. The van der Waals surface area contributed by atoms with Gasteiger partial charge in [0, 0.05) is 0 Å². The second kappa shape index (κ2) is 10.6. The molecule has 2 heterocycles. The number of carbonyl (C=O) groups is 1. The van der Waals surface area contributed by atoms with Crippen molar-refractivity contribution < 1.29 is 4.79 Å². The third kappa shape index (κ3) is 4.52. The minimum atomic E-state index is -2.63. The first-order chi connectivity index (χ1) is 18.3. The van der Waals surface area contributed by atoms with Gasteiger partial charge in [-0.3, -0.25) is 0 Å². The van der Waals surface area contributed by atoms with Crippen LogP contribution in [0.3, 0.4) is 0 Å². The minimum absolute atomic E-state index is 0.0112. The van der Waals surface area contributed by atoms with Crippen molar-refractivity contribution in [2.24, 2.45) is 0 Å². The molecule has 3 nitrogen and oxygen atoms in total. The third-order valence-electron chi connectivity index (χ3n) is 8.39. The van der Waals surface area contributed by atoms with E-state index in [1.807, 2.05) is 0 Å². The molecular formula is C33H35N2OP. The van der Waals surface area contributed by atoms with Crippen molar-refractivity contribution in [3.8, 4) is 0 Å². The monoisotopic (exact) mass is 506 g/mol. The SMILES string of the molecule is O=C1C([PH](c2ccccc2)(c2ccccc2)c2ccccc2)CCN1[C@@H]1CCN(Cc2ccccc2)C1. The van der Waals surface area contributed by atoms with E-state index in [0.717, 1.165) is 39.0 Å². The number of nitrogens with zero attached hydrogens (tertiary/aromatic N) is 2. The summed E-state index contributed by atoms with van der Waals surface area (Å²) in [4.78, 5) is 19.2. The Hall–Kier alpha value is -3.26. The molecule has 188 valence electrons. The molecule has 0 aliphatic carbocycles. The van der Waals surface area contributed by atoms with Gasteiger partial charge in [0.05, 0.1) is 0 Å². The molecule has 0 N–H and O–H groups in total. The van der Waals surface area contributed by atoms with Crippen LogP contribution in [-0.4, -0.2) is 47.0 Å². The number of rotatable bonds is 7. The second-order valence-electron chi connectivity index (χ2n) is 10.4. The van der Waals surface area contributed by atoms with E-state index in [1.54, 1.807) is 0 Å². The summed E-state index contributed by atoms with van der Waals surface area (Å²) in [6.45, 7) is 3.82. The standard InChI is InChI=1S/C33H35N2OP/c36-33-32(22-24-35(33)28-21-23-34(26-28)25-27-13-5-1-6-14-27)37(29-15-7-2-8-16-29,30-17-9-3-10-18-30)31-19-11-4-12-20-31/h1-20,28,32,37H,21-26H2/t28-,32?/m1/s1. The molecule has 1 amide bonds. The number of hydrogen-bond donors (Lipinski definition) is 0. The number of hydrogen-bond acceptors (Lipinski definition) is 2. The molecule has 4 aromatic rings. The molecule has 6 rings (SSSR count). The first kappa shape index (κ1) is 24.1. The van der Waals surface area contributed by atoms with Gasteiger partial charge in [-0.25, -0.2) is 0 Å². The Labute approximate surface area is 221 Å². The van der Waals surface area contributed by atoms with Gasteiger partial charge >= 0.3 is 221 Å². The average molecular weight is 507 g/mol. The van der Waals surface area contributed by atoms with Gasteiger partial charge in [0.2, 0.25) is 0 Å². The van der Waals surface area contributed by atoms with E-state index in [-0.39, 0.29) is 5.66 Å². The van der Waals surface area contributed by atoms with Crippen LogP contribution in [-0.2, 0) is 11.3 Å². The van der Waals surface area contributed by atoms with Crippen LogP contribution in [0.4, 0.5) is 0 Å². The van der Waals surface area contributed by atoms with E-state index in [4.69, 9.17) is 0 Å². The van der Waals surface area contributed by atoms with Gasteiger partial charge in [0.25, 0.3) is 0 Å². The van der Waals surface area contributed by atoms with Crippen LogP contribution in [0.1, 0.15) is 18.4 Å². The zero-order valence-corrected chi connectivity index (χ0v) is 22.2. The van der Waals surface area contributed by atoms with Crippen molar-refractivity contribution in [2.45, 2.75) is 31.1 Å². The summed E-state index contributed by atoms with van der Waals surface area (Å²) < 4.78 is 0. The van der Waals surface area contributed by atoms with Crippen molar-refractivity contribution in [1.82, 2.24) is 9.80 Å². The van der Waals surface area contributed by atoms with Crippen LogP contribution < -0.4 is 15.9 Å². The van der Waals surface area contributed by atoms with Crippen LogP contribution in [0.5, 0.6) is 0 Å². The van der Waals surface area contributed by atoms with Gasteiger partial charge in [-0.1, -0.05) is 0 Å². The Morgan fingerprint density at radius 1 is 0.622 bits per heavy atom. The van der Waals surface area contributed by atoms with Crippen molar-refractivity contribution >= 4 is 29.1 Å². The molecule has 0 aromatic heterocycles. The van der Waals surface area contributed by atoms with E-state index in [1.165, 1.54) is 21.5 Å². The zero-order chi connectivity index (χ0) is 25.1. The molecule has 2 atom stereocenters. The quantitative estimate of drug-likeness (QED) is 0.343. The van der Waals surface area contributed by atoms with E-state index in [2.05, 4.69) is 131 Å². The molecule has 4 aromatic carbocycles. The van der Waals surface area contributed by atoms with Crippen LogP contribution in [0.15, 0.2) is 121 Å². The number of benzene rings is 4. The number of carbonyl (C=O) groups excluding carboxylic acids is 1. The summed E-state index contributed by atoms with van der Waals surface area (Å²) in [7, 11) is -2.63. The molecule has 0 radical (unpaired) electrons. The van der Waals surface area contributed by atoms with E-state index >= 15 is 0 Å². The van der Waals surface area contributed by atoms with E-state index in [9.17, 15) is 4.79 Å². The van der Waals surface area contributed by atoms with E-state index in [0.29, 0.717) is 11.9 Å². The van der Waals surface area contributed by atoms with Crippen molar-refractivity contribution in [2.75, 3.05) is 19.6 Å². The van der Waals surface area contributed by atoms with Gasteiger partial charge in [-0.05, 0) is 0 Å². The van der Waals surface area contributed by atoms with Gasteiger partial charge in [0.15, 0.2) is 0 Å². The zero-order valence-electron chi connectivity index (χ0n) is 21.2. The summed E-state index contributed by atoms with van der Waals surface area (Å²) in [6, 6.07) is 43.6. The summed E-state index contributed by atoms with van der Waals surface area (Å²) >= 11 is 0. The van der Waals surface area contributed by atoms with Crippen LogP contribution in [0, 0.1) is 0 Å². The molecule has 0 spiro atoms. The van der Waals surface area contributed by atoms with Crippen LogP contribution in [0.25, 0.3) is 0 Å². The fourth-order valence-corrected chi connectivity index (χ4v) is 12.2. The van der Waals surface area contributed by atoms with Gasteiger partial charge in [-0.15, -0.1) is 0 Å². The molecule has 2 saturated heterocycles. The van der Waals surface area contributed by atoms with Crippen LogP contribution in [0.2, 0.25) is 0 Å². The summed E-state index contributed by atoms with van der Waals surface area (Å²) in [6.07, 6.45) is 1.97. The topological polar surface area (TPSA) is 23.6 Å². The Balaban J connectivity index is 1.35. The summed E-state index contributed by atoms with van der Waals surface area (Å²) in [5.41, 5.74) is 1.33. The molecule has 2 aliphatic heterocycles. The average Bonchev–Trinajstić information content (AvgIpc) is 3.58. The molecule has 37 heavy (non-hydrogen) atoms. The predicted octanol–water partition coefficient (Wildman–Crippen LogP) is 4.59. The summed E-state index contributed by atoms with van der Waals surface area (Å²) in [5, 5.41) is 3.97. The molecular weight excluding hydrogens is 471 g/mol. The first-order valence-electron chi connectivity index (χ1n) is 13.5. The maximum absolute atomic E-state index is 14.5. The number of amides is 1. The van der Waals surface area contributed by atoms with Gasteiger partial charge in [-0.2, -0.15) is 0 Å². The number of likely N-dealkylation sites (tertiary alicyclic amines) is 2. The normalized spacial score (nSPS) is 20.9. The van der Waals surface area contributed by atoms with Crippen LogP contribution >= 0.6 is 7.26 Å². The second-order valence-corrected chi connectivity index (χ2v) is 14.5. The molecule has 0 saturated carbocycles. The molecule has 4 heteroatoms. The Kier molecular flexibility index (Phi) is 6.91. The van der Waals surface area contributed by atoms with Crippen molar-refractivity contribution in [3.63, 3.8) is 0 Å².